The number of amides is 8. The van der Waals surface area contributed by atoms with E-state index in [4.69, 9.17) is 9.47 Å². The number of unbranched alkanes of at least 4 members (excludes halogenated alkanes) is 34. The van der Waals surface area contributed by atoms with Gasteiger partial charge in [-0.15, -0.1) is 0 Å². The minimum Gasteiger partial charge on any atom is -0.464 e. The first-order valence-electron chi connectivity index (χ1n) is 36.9. The van der Waals surface area contributed by atoms with Crippen molar-refractivity contribution in [1.29, 1.82) is 0 Å². The van der Waals surface area contributed by atoms with Gasteiger partial charge in [-0.25, -0.2) is 4.79 Å². The van der Waals surface area contributed by atoms with E-state index >= 15 is 0 Å². The zero-order valence-electron chi connectivity index (χ0n) is 58.0. The van der Waals surface area contributed by atoms with E-state index in [-0.39, 0.29) is 32.1 Å². The fourth-order valence-corrected chi connectivity index (χ4v) is 12.0. The minimum absolute atomic E-state index is 0.149. The lowest BCUT2D eigenvalue weighted by Crippen LogP contribution is -2.52. The molecule has 7 N–H and O–H groups in total. The van der Waals surface area contributed by atoms with Gasteiger partial charge in [-0.05, 0) is 43.7 Å². The SMILES string of the molecule is CCCCCCCCCCCCCCCCCCN(CCCCCCCCCCCCCCCCCC)C(=O)COCC(=O)NCC(=O)NCC(=O)NCC(=O)N1CCC[C@H]1C(=O)NCC(=O)NCC(=O)N[C@@H](Cc1c[nH]c2ccccc12)C(=O)OCCCCCCC. The summed E-state index contributed by atoms with van der Waals surface area (Å²) in [6.45, 7) is 5.47. The molecule has 1 aliphatic heterocycles. The number of ether oxygens (including phenoxy) is 2. The standard InChI is InChI=1S/C73H125N9O11/c1-4-7-10-13-15-17-19-21-23-25-27-29-31-33-35-40-47-81(48-41-36-34-32-30-28-26-24-22-20-18-16-14-11-8-5-2)71(89)59-92-58-69(87)77-54-65(83)75-53-66(84)78-57-70(88)82-49-43-46-64(82)72(90)79-55-67(85)76-56-68(86)80-63(73(91)93-50-42-37-12-9-6-3)51-60-52-74-62-45-39-38-44-61(60)62/h38-39,44-45,52,63-64,74H,4-37,40-43,46-51,53-59H2,1-3H3,(H,75,83)(H,76,85)(H,77,87)(H,78,84)(H,79,90)(H,80,86)/t63-,64-/m0/s1. The van der Waals surface area contributed by atoms with Crippen molar-refractivity contribution in [1.82, 2.24) is 46.7 Å². The van der Waals surface area contributed by atoms with Crippen LogP contribution in [0.1, 0.15) is 277 Å². The Labute approximate surface area is 559 Å². The highest BCUT2D eigenvalue weighted by molar-refractivity contribution is 5.94. The molecule has 2 heterocycles. The van der Waals surface area contributed by atoms with Gasteiger partial charge in [0, 0.05) is 43.2 Å². The van der Waals surface area contributed by atoms with Crippen LogP contribution in [0.5, 0.6) is 0 Å². The first-order chi connectivity index (χ1) is 45.4. The van der Waals surface area contributed by atoms with E-state index in [1.165, 1.54) is 172 Å². The molecule has 20 heteroatoms. The number of nitrogens with zero attached hydrogens (tertiary/aromatic N) is 2. The van der Waals surface area contributed by atoms with Gasteiger partial charge in [0.1, 0.15) is 25.3 Å². The number of aromatic nitrogens is 1. The van der Waals surface area contributed by atoms with Crippen molar-refractivity contribution in [3.8, 4) is 0 Å². The Morgan fingerprint density at radius 2 is 0.914 bits per heavy atom. The summed E-state index contributed by atoms with van der Waals surface area (Å²) in [4.78, 5) is 123. The van der Waals surface area contributed by atoms with E-state index in [9.17, 15) is 43.2 Å². The van der Waals surface area contributed by atoms with E-state index in [1.54, 1.807) is 6.20 Å². The van der Waals surface area contributed by atoms with E-state index < -0.39 is 98.7 Å². The summed E-state index contributed by atoms with van der Waals surface area (Å²) in [5.74, 6) is -5.07. The molecule has 2 aromatic rings. The average Bonchev–Trinajstić information content (AvgIpc) is 1.92. The normalized spacial score (nSPS) is 13.2. The van der Waals surface area contributed by atoms with Gasteiger partial charge in [0.2, 0.25) is 47.3 Å². The molecule has 1 aliphatic rings. The molecule has 0 spiro atoms. The molecule has 1 aromatic carbocycles. The highest BCUT2D eigenvalue weighted by atomic mass is 16.5. The van der Waals surface area contributed by atoms with Crippen LogP contribution in [0.4, 0.5) is 0 Å². The maximum atomic E-state index is 13.4. The molecule has 1 aromatic heterocycles. The third-order valence-corrected chi connectivity index (χ3v) is 17.7. The molecule has 8 amide bonds. The second-order valence-electron chi connectivity index (χ2n) is 25.8. The van der Waals surface area contributed by atoms with Gasteiger partial charge in [0.05, 0.1) is 39.3 Å². The summed E-state index contributed by atoms with van der Waals surface area (Å²) in [7, 11) is 0. The zero-order valence-corrected chi connectivity index (χ0v) is 58.0. The van der Waals surface area contributed by atoms with Crippen molar-refractivity contribution >= 4 is 64.1 Å². The summed E-state index contributed by atoms with van der Waals surface area (Å²) in [6, 6.07) is 5.69. The third-order valence-electron chi connectivity index (χ3n) is 17.7. The lowest BCUT2D eigenvalue weighted by molar-refractivity contribution is -0.148. The molecule has 0 saturated carbocycles. The molecule has 20 nitrogen and oxygen atoms in total. The smallest absolute Gasteiger partial charge is 0.328 e. The molecular weight excluding hydrogens is 1180 g/mol. The predicted octanol–water partition coefficient (Wildman–Crippen LogP) is 11.6. The Bertz CT molecular complexity index is 2350. The van der Waals surface area contributed by atoms with Crippen LogP contribution in [0.2, 0.25) is 0 Å². The Balaban J connectivity index is 1.31. The number of carbonyl (C=O) groups excluding carboxylic acids is 9. The van der Waals surface area contributed by atoms with E-state index in [0.717, 1.165) is 80.7 Å². The van der Waals surface area contributed by atoms with Crippen molar-refractivity contribution in [3.05, 3.63) is 36.0 Å². The van der Waals surface area contributed by atoms with E-state index in [0.29, 0.717) is 32.4 Å². The molecule has 0 bridgehead atoms. The monoisotopic (exact) mass is 1300 g/mol. The summed E-state index contributed by atoms with van der Waals surface area (Å²) < 4.78 is 11.1. The average molecular weight is 1300 g/mol. The number of hydrogen-bond donors (Lipinski definition) is 7. The second kappa shape index (κ2) is 54.2. The Morgan fingerprint density at radius 3 is 1.41 bits per heavy atom. The number of esters is 1. The summed E-state index contributed by atoms with van der Waals surface area (Å²) >= 11 is 0. The van der Waals surface area contributed by atoms with Crippen LogP contribution in [0.15, 0.2) is 30.5 Å². The zero-order chi connectivity index (χ0) is 67.2. The van der Waals surface area contributed by atoms with Crippen LogP contribution < -0.4 is 31.9 Å². The van der Waals surface area contributed by atoms with Gasteiger partial charge in [-0.1, -0.05) is 257 Å². The number of likely N-dealkylation sites (tertiary alicyclic amines) is 1. The number of para-hydroxylation sites is 1. The maximum absolute atomic E-state index is 13.4. The van der Waals surface area contributed by atoms with Crippen LogP contribution >= 0.6 is 0 Å². The van der Waals surface area contributed by atoms with Crippen LogP contribution in [-0.4, -0.2) is 152 Å². The number of hydrogen-bond acceptors (Lipinski definition) is 11. The van der Waals surface area contributed by atoms with E-state index in [2.05, 4.69) is 57.7 Å². The number of H-pyrrole nitrogens is 1. The highest BCUT2D eigenvalue weighted by Gasteiger charge is 2.34. The number of carbonyl (C=O) groups is 9. The first-order valence-corrected chi connectivity index (χ1v) is 36.9. The Kier molecular flexibility index (Phi) is 47.3. The molecule has 3 rings (SSSR count). The van der Waals surface area contributed by atoms with Crippen LogP contribution in [-0.2, 0) is 59.0 Å². The molecule has 0 aliphatic carbocycles. The molecule has 0 unspecified atom stereocenters. The molecule has 0 radical (unpaired) electrons. The number of benzene rings is 1. The van der Waals surface area contributed by atoms with Gasteiger partial charge in [-0.3, -0.25) is 38.4 Å². The lowest BCUT2D eigenvalue weighted by atomic mass is 10.0. The summed E-state index contributed by atoms with van der Waals surface area (Å²) in [5.41, 5.74) is 1.69. The van der Waals surface area contributed by atoms with E-state index in [1.807, 2.05) is 29.2 Å². The largest absolute Gasteiger partial charge is 0.464 e. The quantitative estimate of drug-likeness (QED) is 0.0242. The van der Waals surface area contributed by atoms with Crippen molar-refractivity contribution < 1.29 is 52.6 Å². The van der Waals surface area contributed by atoms with Gasteiger partial charge in [0.25, 0.3) is 0 Å². The fourth-order valence-electron chi connectivity index (χ4n) is 12.0. The Hall–Kier alpha value is -6.05. The summed E-state index contributed by atoms with van der Waals surface area (Å²) in [5, 5.41) is 15.9. The molecule has 1 fully saturated rings. The number of fused-ring (bicyclic) bond motifs is 1. The van der Waals surface area contributed by atoms with Gasteiger partial charge >= 0.3 is 5.97 Å². The first kappa shape index (κ1) is 81.2. The maximum Gasteiger partial charge on any atom is 0.328 e. The van der Waals surface area contributed by atoms with Gasteiger partial charge in [0.15, 0.2) is 0 Å². The van der Waals surface area contributed by atoms with Crippen LogP contribution in [0, 0.1) is 0 Å². The fraction of sp³-hybridized carbons (Fsp3) is 0.767. The molecule has 1 saturated heterocycles. The topological polar surface area (TPSA) is 267 Å². The van der Waals surface area contributed by atoms with Crippen molar-refractivity contribution in [3.63, 3.8) is 0 Å². The van der Waals surface area contributed by atoms with Crippen LogP contribution in [0.25, 0.3) is 10.9 Å². The van der Waals surface area contributed by atoms with Gasteiger partial charge < -0.3 is 56.2 Å². The molecule has 2 atom stereocenters. The predicted molar refractivity (Wildman–Crippen MR) is 370 cm³/mol. The number of nitrogens with one attached hydrogen (secondary N) is 7. The van der Waals surface area contributed by atoms with Crippen molar-refractivity contribution in [2.45, 2.75) is 290 Å². The second-order valence-corrected chi connectivity index (χ2v) is 25.8. The highest BCUT2D eigenvalue weighted by Crippen LogP contribution is 2.21. The molecular formula is C73H125N9O11. The van der Waals surface area contributed by atoms with Crippen molar-refractivity contribution in [2.24, 2.45) is 0 Å². The summed E-state index contributed by atoms with van der Waals surface area (Å²) in [6.07, 6.45) is 48.7. The van der Waals surface area contributed by atoms with Gasteiger partial charge in [-0.2, -0.15) is 0 Å². The molecule has 528 valence electrons. The number of aromatic amines is 1. The Morgan fingerprint density at radius 1 is 0.495 bits per heavy atom. The van der Waals surface area contributed by atoms with Crippen LogP contribution in [0.3, 0.4) is 0 Å². The van der Waals surface area contributed by atoms with Crippen molar-refractivity contribution in [2.75, 3.05) is 72.2 Å². The minimum atomic E-state index is -1.02. The third kappa shape index (κ3) is 40.1. The molecule has 93 heavy (non-hydrogen) atoms. The lowest BCUT2D eigenvalue weighted by Gasteiger charge is -2.24. The number of rotatable bonds is 59.